The largest absolute Gasteiger partial charge is 0.479 e. The Balaban J connectivity index is 2.27. The summed E-state index contributed by atoms with van der Waals surface area (Å²) < 4.78 is 5.14. The summed E-state index contributed by atoms with van der Waals surface area (Å²) in [5.74, 6) is 1.07. The molecule has 0 amide bonds. The summed E-state index contributed by atoms with van der Waals surface area (Å²) in [7, 11) is 1.54. The molecular weight excluding hydrogens is 244 g/mol. The molecule has 0 unspecified atom stereocenters. The standard InChI is InChI=1S/C13H22N4O2/c1-19-13-11(14)12(15-9-16-13)17(7-8-18)10-5-3-2-4-6-10/h9-10,18H,2-8,14H2,1H3. The summed E-state index contributed by atoms with van der Waals surface area (Å²) in [5.41, 5.74) is 6.51. The lowest BCUT2D eigenvalue weighted by Crippen LogP contribution is -2.40. The maximum Gasteiger partial charge on any atom is 0.242 e. The van der Waals surface area contributed by atoms with E-state index in [1.165, 1.54) is 25.6 Å². The molecular formula is C13H22N4O2. The van der Waals surface area contributed by atoms with Crippen LogP contribution in [0.2, 0.25) is 0 Å². The van der Waals surface area contributed by atoms with Crippen LogP contribution in [-0.2, 0) is 0 Å². The third-order valence-electron chi connectivity index (χ3n) is 3.65. The summed E-state index contributed by atoms with van der Waals surface area (Å²) in [4.78, 5) is 10.4. The first kappa shape index (κ1) is 13.9. The van der Waals surface area contributed by atoms with Crippen LogP contribution in [0.15, 0.2) is 6.33 Å². The van der Waals surface area contributed by atoms with Gasteiger partial charge in [0, 0.05) is 12.6 Å². The molecule has 0 aromatic carbocycles. The quantitative estimate of drug-likeness (QED) is 0.833. The molecule has 1 aliphatic rings. The normalized spacial score (nSPS) is 16.3. The predicted molar refractivity (Wildman–Crippen MR) is 74.3 cm³/mol. The van der Waals surface area contributed by atoms with Crippen LogP contribution in [0.25, 0.3) is 0 Å². The first-order chi connectivity index (χ1) is 9.27. The molecule has 1 aromatic rings. The first-order valence-corrected chi connectivity index (χ1v) is 6.80. The van der Waals surface area contributed by atoms with Crippen LogP contribution in [0.4, 0.5) is 11.5 Å². The molecule has 6 nitrogen and oxygen atoms in total. The van der Waals surface area contributed by atoms with E-state index in [9.17, 15) is 5.11 Å². The zero-order valence-electron chi connectivity index (χ0n) is 11.4. The number of ether oxygens (including phenoxy) is 1. The van der Waals surface area contributed by atoms with Gasteiger partial charge in [0.2, 0.25) is 5.88 Å². The molecule has 19 heavy (non-hydrogen) atoms. The molecule has 1 saturated carbocycles. The molecule has 106 valence electrons. The fraction of sp³-hybridized carbons (Fsp3) is 0.692. The molecule has 0 atom stereocenters. The number of methoxy groups -OCH3 is 1. The molecule has 1 aromatic heterocycles. The first-order valence-electron chi connectivity index (χ1n) is 6.80. The van der Waals surface area contributed by atoms with Gasteiger partial charge in [0.05, 0.1) is 13.7 Å². The van der Waals surface area contributed by atoms with Gasteiger partial charge in [-0.25, -0.2) is 4.98 Å². The van der Waals surface area contributed by atoms with Crippen LogP contribution < -0.4 is 15.4 Å². The minimum Gasteiger partial charge on any atom is -0.479 e. The van der Waals surface area contributed by atoms with Crippen molar-refractivity contribution in [2.75, 3.05) is 30.9 Å². The molecule has 0 radical (unpaired) electrons. The highest BCUT2D eigenvalue weighted by Crippen LogP contribution is 2.32. The fourth-order valence-electron chi connectivity index (χ4n) is 2.72. The average Bonchev–Trinajstić information content (AvgIpc) is 2.46. The molecule has 2 rings (SSSR count). The number of nitrogen functional groups attached to an aromatic ring is 1. The number of aromatic nitrogens is 2. The molecule has 1 aliphatic carbocycles. The molecule has 0 saturated heterocycles. The second kappa shape index (κ2) is 6.56. The van der Waals surface area contributed by atoms with E-state index < -0.39 is 0 Å². The third-order valence-corrected chi connectivity index (χ3v) is 3.65. The Hall–Kier alpha value is -1.56. The Morgan fingerprint density at radius 2 is 2.11 bits per heavy atom. The Morgan fingerprint density at radius 1 is 1.37 bits per heavy atom. The number of nitrogens with two attached hydrogens (primary N) is 1. The van der Waals surface area contributed by atoms with Crippen LogP contribution in [0.3, 0.4) is 0 Å². The molecule has 0 bridgehead atoms. The molecule has 1 fully saturated rings. The summed E-state index contributed by atoms with van der Waals surface area (Å²) in [6.07, 6.45) is 7.41. The maximum atomic E-state index is 9.29. The van der Waals surface area contributed by atoms with E-state index in [0.717, 1.165) is 12.8 Å². The molecule has 0 spiro atoms. The number of nitrogens with zero attached hydrogens (tertiary/aromatic N) is 3. The summed E-state index contributed by atoms with van der Waals surface area (Å²) in [5, 5.41) is 9.29. The predicted octanol–water partition coefficient (Wildman–Crippen LogP) is 1.20. The van der Waals surface area contributed by atoms with Gasteiger partial charge in [-0.3, -0.25) is 0 Å². The number of hydrogen-bond acceptors (Lipinski definition) is 6. The van der Waals surface area contributed by atoms with Crippen molar-refractivity contribution in [3.05, 3.63) is 6.33 Å². The lowest BCUT2D eigenvalue weighted by molar-refractivity contribution is 0.289. The van der Waals surface area contributed by atoms with Crippen molar-refractivity contribution < 1.29 is 9.84 Å². The lowest BCUT2D eigenvalue weighted by atomic mass is 9.94. The van der Waals surface area contributed by atoms with Gasteiger partial charge in [0.25, 0.3) is 0 Å². The van der Waals surface area contributed by atoms with Crippen molar-refractivity contribution in [2.45, 2.75) is 38.1 Å². The van der Waals surface area contributed by atoms with Crippen molar-refractivity contribution >= 4 is 11.5 Å². The van der Waals surface area contributed by atoms with Crippen molar-refractivity contribution in [2.24, 2.45) is 0 Å². The summed E-state index contributed by atoms with van der Waals surface area (Å²) in [6, 6.07) is 0.391. The van der Waals surface area contributed by atoms with Gasteiger partial charge in [-0.05, 0) is 12.8 Å². The van der Waals surface area contributed by atoms with E-state index in [4.69, 9.17) is 10.5 Å². The van der Waals surface area contributed by atoms with Gasteiger partial charge in [0.15, 0.2) is 5.82 Å². The van der Waals surface area contributed by atoms with Crippen molar-refractivity contribution in [1.82, 2.24) is 9.97 Å². The molecule has 1 heterocycles. The number of anilines is 2. The SMILES string of the molecule is COc1ncnc(N(CCO)C2CCCCC2)c1N. The van der Waals surface area contributed by atoms with Crippen LogP contribution in [0.5, 0.6) is 5.88 Å². The minimum atomic E-state index is 0.0856. The van der Waals surface area contributed by atoms with Crippen molar-refractivity contribution in [1.29, 1.82) is 0 Å². The zero-order valence-corrected chi connectivity index (χ0v) is 11.4. The highest BCUT2D eigenvalue weighted by Gasteiger charge is 2.24. The Kier molecular flexibility index (Phi) is 4.79. The summed E-state index contributed by atoms with van der Waals surface area (Å²) >= 11 is 0. The van der Waals surface area contributed by atoms with Gasteiger partial charge in [-0.15, -0.1) is 0 Å². The van der Waals surface area contributed by atoms with E-state index in [1.54, 1.807) is 7.11 Å². The van der Waals surface area contributed by atoms with Gasteiger partial charge in [0.1, 0.15) is 12.0 Å². The maximum absolute atomic E-state index is 9.29. The van der Waals surface area contributed by atoms with Crippen molar-refractivity contribution in [3.63, 3.8) is 0 Å². The van der Waals surface area contributed by atoms with E-state index in [2.05, 4.69) is 14.9 Å². The highest BCUT2D eigenvalue weighted by atomic mass is 16.5. The van der Waals surface area contributed by atoms with Gasteiger partial charge >= 0.3 is 0 Å². The Labute approximate surface area is 113 Å². The number of aliphatic hydroxyl groups excluding tert-OH is 1. The molecule has 6 heteroatoms. The topological polar surface area (TPSA) is 84.5 Å². The van der Waals surface area contributed by atoms with E-state index in [-0.39, 0.29) is 6.61 Å². The lowest BCUT2D eigenvalue weighted by Gasteiger charge is -2.35. The Bertz CT molecular complexity index is 408. The highest BCUT2D eigenvalue weighted by molar-refractivity contribution is 5.68. The number of rotatable bonds is 5. The van der Waals surface area contributed by atoms with Gasteiger partial charge in [-0.1, -0.05) is 19.3 Å². The number of hydrogen-bond donors (Lipinski definition) is 2. The van der Waals surface area contributed by atoms with Crippen LogP contribution in [0, 0.1) is 0 Å². The second-order valence-electron chi connectivity index (χ2n) is 4.83. The van der Waals surface area contributed by atoms with E-state index in [0.29, 0.717) is 30.0 Å². The van der Waals surface area contributed by atoms with Crippen molar-refractivity contribution in [3.8, 4) is 5.88 Å². The number of aliphatic hydroxyl groups is 1. The Morgan fingerprint density at radius 3 is 2.74 bits per heavy atom. The summed E-state index contributed by atoms with van der Waals surface area (Å²) in [6.45, 7) is 0.622. The van der Waals surface area contributed by atoms with Gasteiger partial charge < -0.3 is 20.5 Å². The molecule has 0 aliphatic heterocycles. The fourth-order valence-corrected chi connectivity index (χ4v) is 2.72. The van der Waals surface area contributed by atoms with Crippen LogP contribution in [-0.4, -0.2) is 41.4 Å². The average molecular weight is 266 g/mol. The monoisotopic (exact) mass is 266 g/mol. The third kappa shape index (κ3) is 3.07. The van der Waals surface area contributed by atoms with Gasteiger partial charge in [-0.2, -0.15) is 4.98 Å². The van der Waals surface area contributed by atoms with Crippen LogP contribution in [0.1, 0.15) is 32.1 Å². The molecule has 3 N–H and O–H groups in total. The zero-order chi connectivity index (χ0) is 13.7. The van der Waals surface area contributed by atoms with E-state index in [1.807, 2.05) is 0 Å². The minimum absolute atomic E-state index is 0.0856. The van der Waals surface area contributed by atoms with Crippen LogP contribution >= 0.6 is 0 Å². The van der Waals surface area contributed by atoms with E-state index >= 15 is 0 Å². The second-order valence-corrected chi connectivity index (χ2v) is 4.83. The smallest absolute Gasteiger partial charge is 0.242 e.